The van der Waals surface area contributed by atoms with E-state index in [1.165, 1.54) is 23.1 Å². The molecule has 0 aliphatic rings. The van der Waals surface area contributed by atoms with E-state index < -0.39 is 0 Å². The molecule has 1 atom stereocenters. The Morgan fingerprint density at radius 1 is 1.31 bits per heavy atom. The number of benzene rings is 1. The first-order chi connectivity index (χ1) is 14.0. The van der Waals surface area contributed by atoms with Crippen LogP contribution in [0.4, 0.5) is 5.82 Å². The van der Waals surface area contributed by atoms with Crippen LogP contribution < -0.4 is 10.9 Å². The number of thioether (sulfide) groups is 1. The summed E-state index contributed by atoms with van der Waals surface area (Å²) in [6.45, 7) is 3.68. The van der Waals surface area contributed by atoms with Crippen molar-refractivity contribution < 1.29 is 4.79 Å². The molecule has 9 heteroatoms. The van der Waals surface area contributed by atoms with Crippen molar-refractivity contribution in [1.29, 1.82) is 0 Å². The number of aromatic nitrogens is 4. The van der Waals surface area contributed by atoms with Crippen molar-refractivity contribution in [3.63, 3.8) is 0 Å². The third kappa shape index (κ3) is 4.25. The first-order valence-corrected chi connectivity index (χ1v) is 10.9. The van der Waals surface area contributed by atoms with Gasteiger partial charge >= 0.3 is 0 Å². The van der Waals surface area contributed by atoms with E-state index in [1.807, 2.05) is 49.6 Å². The Morgan fingerprint density at radius 2 is 2.10 bits per heavy atom. The number of H-pyrrole nitrogens is 2. The van der Waals surface area contributed by atoms with Gasteiger partial charge in [-0.25, -0.2) is 4.98 Å². The van der Waals surface area contributed by atoms with Crippen molar-refractivity contribution in [2.24, 2.45) is 0 Å². The van der Waals surface area contributed by atoms with Gasteiger partial charge in [0, 0.05) is 22.7 Å². The third-order valence-electron chi connectivity index (χ3n) is 4.37. The predicted octanol–water partition coefficient (Wildman–Crippen LogP) is 3.94. The Labute approximate surface area is 175 Å². The van der Waals surface area contributed by atoms with E-state index >= 15 is 0 Å². The molecule has 0 saturated carbocycles. The summed E-state index contributed by atoms with van der Waals surface area (Å²) in [5.74, 6) is 1.34. The number of amides is 1. The number of nitrogens with zero attached hydrogens (tertiary/aromatic N) is 2. The highest BCUT2D eigenvalue weighted by Gasteiger charge is 2.17. The highest BCUT2D eigenvalue weighted by molar-refractivity contribution is 7.99. The van der Waals surface area contributed by atoms with Crippen molar-refractivity contribution in [2.75, 3.05) is 5.32 Å². The molecule has 0 radical (unpaired) electrons. The minimum atomic E-state index is -0.323. The van der Waals surface area contributed by atoms with Crippen LogP contribution in [0.1, 0.15) is 18.4 Å². The van der Waals surface area contributed by atoms with Gasteiger partial charge in [-0.05, 0) is 19.4 Å². The van der Waals surface area contributed by atoms with Gasteiger partial charge in [-0.1, -0.05) is 30.3 Å². The van der Waals surface area contributed by atoms with Crippen LogP contribution in [0, 0.1) is 6.92 Å². The molecule has 1 amide bonds. The molecule has 1 unspecified atom stereocenters. The van der Waals surface area contributed by atoms with Crippen molar-refractivity contribution in [2.45, 2.75) is 24.9 Å². The topological polar surface area (TPSA) is 104 Å². The summed E-state index contributed by atoms with van der Waals surface area (Å²) >= 11 is 2.86. The van der Waals surface area contributed by atoms with Gasteiger partial charge in [0.25, 0.3) is 5.56 Å². The lowest BCUT2D eigenvalue weighted by Crippen LogP contribution is -2.23. The van der Waals surface area contributed by atoms with E-state index in [0.29, 0.717) is 27.6 Å². The van der Waals surface area contributed by atoms with Gasteiger partial charge in [0.15, 0.2) is 5.82 Å². The largest absolute Gasteiger partial charge is 0.309 e. The summed E-state index contributed by atoms with van der Waals surface area (Å²) in [7, 11) is 0. The lowest BCUT2D eigenvalue weighted by atomic mass is 10.1. The van der Waals surface area contributed by atoms with E-state index in [2.05, 4.69) is 25.5 Å². The molecule has 3 N–H and O–H groups in total. The Kier molecular flexibility index (Phi) is 5.50. The molecule has 0 saturated heterocycles. The minimum absolute atomic E-state index is 0.146. The summed E-state index contributed by atoms with van der Waals surface area (Å²) < 4.78 is 0. The Hall–Kier alpha value is -2.91. The number of rotatable bonds is 6. The number of aromatic amines is 2. The van der Waals surface area contributed by atoms with E-state index in [1.54, 1.807) is 6.07 Å². The standard InChI is InChI=1S/C20H19N5O2S2/c1-11-8-15(25-24-11)21-18(26)12(2)28-10-16-22-19(27)17-14(9-29-20(17)23-16)13-6-4-3-5-7-13/h3-9,12H,10H2,1-2H3,(H,22,23,27)(H2,21,24,25,26). The SMILES string of the molecule is Cc1cc(NC(=O)C(C)SCc2nc3scc(-c4ccccc4)c3c(=O)[nH]2)n[nH]1. The number of aryl methyl sites for hydroxylation is 1. The van der Waals surface area contributed by atoms with E-state index in [-0.39, 0.29) is 16.7 Å². The van der Waals surface area contributed by atoms with Crippen molar-refractivity contribution in [1.82, 2.24) is 20.2 Å². The summed E-state index contributed by atoms with van der Waals surface area (Å²) in [6.07, 6.45) is 0. The lowest BCUT2D eigenvalue weighted by Gasteiger charge is -2.10. The maximum Gasteiger partial charge on any atom is 0.260 e. The monoisotopic (exact) mass is 425 g/mol. The molecular weight excluding hydrogens is 406 g/mol. The normalized spacial score (nSPS) is 12.2. The van der Waals surface area contributed by atoms with Gasteiger partial charge in [-0.2, -0.15) is 5.10 Å². The van der Waals surface area contributed by atoms with E-state index in [9.17, 15) is 9.59 Å². The predicted molar refractivity (Wildman–Crippen MR) is 118 cm³/mol. The minimum Gasteiger partial charge on any atom is -0.309 e. The van der Waals surface area contributed by atoms with E-state index in [0.717, 1.165) is 16.8 Å². The third-order valence-corrected chi connectivity index (χ3v) is 6.40. The van der Waals surface area contributed by atoms with Gasteiger partial charge in [0.05, 0.1) is 16.4 Å². The second-order valence-corrected chi connectivity index (χ2v) is 8.77. The van der Waals surface area contributed by atoms with Crippen LogP contribution in [0.2, 0.25) is 0 Å². The van der Waals surface area contributed by atoms with Crippen LogP contribution in [-0.4, -0.2) is 31.3 Å². The van der Waals surface area contributed by atoms with Crippen LogP contribution in [0.25, 0.3) is 21.3 Å². The number of hydrogen-bond acceptors (Lipinski definition) is 6. The fourth-order valence-corrected chi connectivity index (χ4v) is 4.60. The second kappa shape index (κ2) is 8.22. The van der Waals surface area contributed by atoms with Crippen LogP contribution in [0.3, 0.4) is 0 Å². The molecule has 0 aliphatic heterocycles. The fraction of sp³-hybridized carbons (Fsp3) is 0.200. The van der Waals surface area contributed by atoms with E-state index in [4.69, 9.17) is 0 Å². The summed E-state index contributed by atoms with van der Waals surface area (Å²) in [6, 6.07) is 11.6. The average Bonchev–Trinajstić information content (AvgIpc) is 3.33. The average molecular weight is 426 g/mol. The summed E-state index contributed by atoms with van der Waals surface area (Å²) in [5, 5.41) is 11.8. The molecule has 4 rings (SSSR count). The molecule has 3 heterocycles. The van der Waals surface area contributed by atoms with Crippen LogP contribution in [0.15, 0.2) is 46.6 Å². The molecule has 0 fully saturated rings. The van der Waals surface area contributed by atoms with Gasteiger partial charge < -0.3 is 10.3 Å². The van der Waals surface area contributed by atoms with Crippen LogP contribution in [0.5, 0.6) is 0 Å². The molecule has 7 nitrogen and oxygen atoms in total. The van der Waals surface area contributed by atoms with Crippen molar-refractivity contribution in [3.8, 4) is 11.1 Å². The van der Waals surface area contributed by atoms with Gasteiger partial charge in [-0.15, -0.1) is 23.1 Å². The van der Waals surface area contributed by atoms with Crippen molar-refractivity contribution in [3.05, 3.63) is 63.7 Å². The number of carbonyl (C=O) groups is 1. The zero-order valence-electron chi connectivity index (χ0n) is 15.9. The number of thiophene rings is 1. The number of hydrogen-bond donors (Lipinski definition) is 3. The fourth-order valence-electron chi connectivity index (χ4n) is 2.88. The zero-order valence-corrected chi connectivity index (χ0v) is 17.5. The molecule has 4 aromatic rings. The maximum atomic E-state index is 12.7. The highest BCUT2D eigenvalue weighted by atomic mass is 32.2. The quantitative estimate of drug-likeness (QED) is 0.434. The number of carbonyl (C=O) groups excluding carboxylic acids is 1. The van der Waals surface area contributed by atoms with Gasteiger partial charge in [0.2, 0.25) is 5.91 Å². The van der Waals surface area contributed by atoms with Gasteiger partial charge in [-0.3, -0.25) is 14.7 Å². The molecule has 3 aromatic heterocycles. The number of anilines is 1. The lowest BCUT2D eigenvalue weighted by molar-refractivity contribution is -0.115. The number of fused-ring (bicyclic) bond motifs is 1. The molecule has 0 aliphatic carbocycles. The Balaban J connectivity index is 1.47. The first-order valence-electron chi connectivity index (χ1n) is 9.01. The molecule has 148 valence electrons. The Morgan fingerprint density at radius 3 is 2.83 bits per heavy atom. The molecule has 0 spiro atoms. The van der Waals surface area contributed by atoms with Crippen LogP contribution in [-0.2, 0) is 10.5 Å². The number of nitrogens with one attached hydrogen (secondary N) is 3. The molecule has 29 heavy (non-hydrogen) atoms. The first kappa shape index (κ1) is 19.4. The maximum absolute atomic E-state index is 12.7. The summed E-state index contributed by atoms with van der Waals surface area (Å²) in [4.78, 5) is 33.2. The second-order valence-electron chi connectivity index (χ2n) is 6.59. The molecule has 0 bridgehead atoms. The molecular formula is C20H19N5O2S2. The van der Waals surface area contributed by atoms with Gasteiger partial charge in [0.1, 0.15) is 10.7 Å². The Bertz CT molecular complexity index is 1210. The zero-order chi connectivity index (χ0) is 20.4. The molecule has 1 aromatic carbocycles. The van der Waals surface area contributed by atoms with Crippen molar-refractivity contribution >= 4 is 45.0 Å². The summed E-state index contributed by atoms with van der Waals surface area (Å²) in [5.41, 5.74) is 2.60. The van der Waals surface area contributed by atoms with Crippen LogP contribution >= 0.6 is 23.1 Å². The highest BCUT2D eigenvalue weighted by Crippen LogP contribution is 2.30. The smallest absolute Gasteiger partial charge is 0.260 e.